The number of Topliss-reactive ketones (excluding diaryl/α,β-unsaturated/α-hetero) is 1. The maximum absolute atomic E-state index is 12.7. The first kappa shape index (κ1) is 11.7. The molecule has 0 atom stereocenters. The largest absolute Gasteiger partial charge is 0.493 e. The third-order valence-corrected chi connectivity index (χ3v) is 1.82. The molecule has 3 nitrogen and oxygen atoms in total. The van der Waals surface area contributed by atoms with Crippen molar-refractivity contribution in [3.05, 3.63) is 30.1 Å². The van der Waals surface area contributed by atoms with Gasteiger partial charge >= 0.3 is 0 Å². The normalized spacial score (nSPS) is 10.0. The lowest BCUT2D eigenvalue weighted by atomic mass is 10.3. The number of ketones is 1. The summed E-state index contributed by atoms with van der Waals surface area (Å²) in [6, 6.07) is 5.87. The summed E-state index contributed by atoms with van der Waals surface area (Å²) in [6.45, 7) is 0.622. The minimum Gasteiger partial charge on any atom is -0.493 e. The number of carbonyl (C=O) groups excluding carboxylic acids is 1. The van der Waals surface area contributed by atoms with Gasteiger partial charge in [-0.2, -0.15) is 0 Å². The van der Waals surface area contributed by atoms with Gasteiger partial charge in [-0.1, -0.05) is 6.07 Å². The molecular formula is C11H14FNO2. The first-order valence-electron chi connectivity index (χ1n) is 4.77. The van der Waals surface area contributed by atoms with E-state index in [1.54, 1.807) is 19.2 Å². The zero-order chi connectivity index (χ0) is 11.1. The van der Waals surface area contributed by atoms with Crippen molar-refractivity contribution in [2.75, 3.05) is 20.2 Å². The smallest absolute Gasteiger partial charge is 0.149 e. The fourth-order valence-corrected chi connectivity index (χ4v) is 1.13. The monoisotopic (exact) mass is 211 g/mol. The summed E-state index contributed by atoms with van der Waals surface area (Å²) in [7, 11) is 1.71. The van der Waals surface area contributed by atoms with Crippen LogP contribution in [0.2, 0.25) is 0 Å². The van der Waals surface area contributed by atoms with Crippen LogP contribution in [0.15, 0.2) is 24.3 Å². The number of carbonyl (C=O) groups is 1. The Bertz CT molecular complexity index is 328. The lowest BCUT2D eigenvalue weighted by Crippen LogP contribution is -2.20. The summed E-state index contributed by atoms with van der Waals surface area (Å²) in [5, 5.41) is 2.76. The lowest BCUT2D eigenvalue weighted by Gasteiger charge is -2.05. The van der Waals surface area contributed by atoms with Gasteiger partial charge in [-0.15, -0.1) is 0 Å². The predicted octanol–water partition coefficient (Wildman–Crippen LogP) is 1.38. The van der Waals surface area contributed by atoms with Gasteiger partial charge in [0.2, 0.25) is 0 Å². The number of ether oxygens (including phenoxy) is 1. The van der Waals surface area contributed by atoms with Crippen molar-refractivity contribution in [2.24, 2.45) is 0 Å². The van der Waals surface area contributed by atoms with Crippen LogP contribution in [0, 0.1) is 5.82 Å². The zero-order valence-electron chi connectivity index (χ0n) is 8.63. The Labute approximate surface area is 88.2 Å². The first-order chi connectivity index (χ1) is 7.22. The number of benzene rings is 1. The van der Waals surface area contributed by atoms with Crippen molar-refractivity contribution >= 4 is 5.78 Å². The van der Waals surface area contributed by atoms with E-state index in [0.717, 1.165) is 0 Å². The molecule has 0 aliphatic heterocycles. The third-order valence-electron chi connectivity index (χ3n) is 1.82. The van der Waals surface area contributed by atoms with Crippen LogP contribution in [0.4, 0.5) is 4.39 Å². The van der Waals surface area contributed by atoms with Gasteiger partial charge in [0, 0.05) is 12.5 Å². The Morgan fingerprint density at radius 2 is 2.33 bits per heavy atom. The third kappa shape index (κ3) is 4.56. The van der Waals surface area contributed by atoms with Crippen LogP contribution >= 0.6 is 0 Å². The maximum Gasteiger partial charge on any atom is 0.149 e. The SMILES string of the molecule is CNCC(=O)CCOc1cccc(F)c1. The molecule has 1 aromatic rings. The van der Waals surface area contributed by atoms with Crippen LogP contribution in [0.5, 0.6) is 5.75 Å². The Kier molecular flexibility index (Phi) is 4.77. The topological polar surface area (TPSA) is 38.3 Å². The zero-order valence-corrected chi connectivity index (χ0v) is 8.63. The highest BCUT2D eigenvalue weighted by molar-refractivity contribution is 5.80. The highest BCUT2D eigenvalue weighted by Gasteiger charge is 2.01. The second kappa shape index (κ2) is 6.14. The molecule has 0 fully saturated rings. The second-order valence-corrected chi connectivity index (χ2v) is 3.12. The molecule has 0 bridgehead atoms. The van der Waals surface area contributed by atoms with Gasteiger partial charge < -0.3 is 10.1 Å². The molecular weight excluding hydrogens is 197 g/mol. The molecule has 1 rings (SSSR count). The average Bonchev–Trinajstić information content (AvgIpc) is 2.18. The Balaban J connectivity index is 2.28. The van der Waals surface area contributed by atoms with Crippen LogP contribution in [-0.4, -0.2) is 26.0 Å². The van der Waals surface area contributed by atoms with Gasteiger partial charge in [0.05, 0.1) is 13.2 Å². The van der Waals surface area contributed by atoms with Gasteiger partial charge in [-0.05, 0) is 19.2 Å². The van der Waals surface area contributed by atoms with E-state index in [4.69, 9.17) is 4.74 Å². The minimum atomic E-state index is -0.339. The molecule has 1 aromatic carbocycles. The molecule has 15 heavy (non-hydrogen) atoms. The van der Waals surface area contributed by atoms with Crippen molar-refractivity contribution in [2.45, 2.75) is 6.42 Å². The fraction of sp³-hybridized carbons (Fsp3) is 0.364. The number of likely N-dealkylation sites (N-methyl/N-ethyl adjacent to an activating group) is 1. The fourth-order valence-electron chi connectivity index (χ4n) is 1.13. The standard InChI is InChI=1S/C11H14FNO2/c1-13-8-10(14)5-6-15-11-4-2-3-9(12)7-11/h2-4,7,13H,5-6,8H2,1H3. The molecule has 0 aliphatic carbocycles. The highest BCUT2D eigenvalue weighted by atomic mass is 19.1. The summed E-state index contributed by atoms with van der Waals surface area (Å²) in [5.74, 6) is 0.190. The van der Waals surface area contributed by atoms with Crippen LogP contribution in [-0.2, 0) is 4.79 Å². The van der Waals surface area contributed by atoms with Gasteiger partial charge in [0.15, 0.2) is 0 Å². The van der Waals surface area contributed by atoms with Crippen LogP contribution < -0.4 is 10.1 Å². The van der Waals surface area contributed by atoms with Gasteiger partial charge in [-0.25, -0.2) is 4.39 Å². The van der Waals surface area contributed by atoms with Crippen LogP contribution in [0.3, 0.4) is 0 Å². The van der Waals surface area contributed by atoms with Gasteiger partial charge in [0.25, 0.3) is 0 Å². The molecule has 0 aromatic heterocycles. The molecule has 0 radical (unpaired) electrons. The van der Waals surface area contributed by atoms with E-state index >= 15 is 0 Å². The summed E-state index contributed by atoms with van der Waals surface area (Å²) in [4.78, 5) is 11.1. The summed E-state index contributed by atoms with van der Waals surface area (Å²) < 4.78 is 17.9. The first-order valence-corrected chi connectivity index (χ1v) is 4.77. The van der Waals surface area contributed by atoms with Gasteiger partial charge in [-0.3, -0.25) is 4.79 Å². The molecule has 0 heterocycles. The molecule has 0 saturated heterocycles. The number of rotatable bonds is 6. The quantitative estimate of drug-likeness (QED) is 0.772. The van der Waals surface area contributed by atoms with Crippen molar-refractivity contribution < 1.29 is 13.9 Å². The summed E-state index contributed by atoms with van der Waals surface area (Å²) in [6.07, 6.45) is 0.331. The van der Waals surface area contributed by atoms with E-state index in [1.165, 1.54) is 12.1 Å². The molecule has 0 spiro atoms. The van der Waals surface area contributed by atoms with E-state index in [0.29, 0.717) is 18.7 Å². The van der Waals surface area contributed by atoms with E-state index in [9.17, 15) is 9.18 Å². The summed E-state index contributed by atoms with van der Waals surface area (Å²) >= 11 is 0. The Morgan fingerprint density at radius 1 is 1.53 bits per heavy atom. The van der Waals surface area contributed by atoms with E-state index in [-0.39, 0.29) is 18.2 Å². The van der Waals surface area contributed by atoms with E-state index < -0.39 is 0 Å². The number of halogens is 1. The molecule has 1 N–H and O–H groups in total. The second-order valence-electron chi connectivity index (χ2n) is 3.12. The van der Waals surface area contributed by atoms with Crippen molar-refractivity contribution in [3.8, 4) is 5.75 Å². The Hall–Kier alpha value is -1.42. The highest BCUT2D eigenvalue weighted by Crippen LogP contribution is 2.11. The minimum absolute atomic E-state index is 0.0777. The lowest BCUT2D eigenvalue weighted by molar-refractivity contribution is -0.118. The Morgan fingerprint density at radius 3 is 3.00 bits per heavy atom. The van der Waals surface area contributed by atoms with Crippen molar-refractivity contribution in [1.82, 2.24) is 5.32 Å². The summed E-state index contributed by atoms with van der Waals surface area (Å²) in [5.41, 5.74) is 0. The molecule has 0 unspecified atom stereocenters. The predicted molar refractivity (Wildman–Crippen MR) is 55.4 cm³/mol. The number of hydrogen-bond acceptors (Lipinski definition) is 3. The van der Waals surface area contributed by atoms with Crippen LogP contribution in [0.25, 0.3) is 0 Å². The van der Waals surface area contributed by atoms with Crippen LogP contribution in [0.1, 0.15) is 6.42 Å². The molecule has 0 aliphatic rings. The van der Waals surface area contributed by atoms with Gasteiger partial charge in [0.1, 0.15) is 17.3 Å². The number of hydrogen-bond donors (Lipinski definition) is 1. The molecule has 4 heteroatoms. The van der Waals surface area contributed by atoms with E-state index in [2.05, 4.69) is 5.32 Å². The van der Waals surface area contributed by atoms with Crippen molar-refractivity contribution in [3.63, 3.8) is 0 Å². The van der Waals surface area contributed by atoms with E-state index in [1.807, 2.05) is 0 Å². The van der Waals surface area contributed by atoms with Crippen molar-refractivity contribution in [1.29, 1.82) is 0 Å². The average molecular weight is 211 g/mol. The molecule has 82 valence electrons. The maximum atomic E-state index is 12.7. The molecule has 0 saturated carbocycles. The molecule has 0 amide bonds. The number of nitrogens with one attached hydrogen (secondary N) is 1.